The van der Waals surface area contributed by atoms with Crippen molar-refractivity contribution in [2.45, 2.75) is 39.4 Å². The first-order valence-electron chi connectivity index (χ1n) is 5.89. The van der Waals surface area contributed by atoms with Gasteiger partial charge in [-0.15, -0.1) is 0 Å². The van der Waals surface area contributed by atoms with Crippen LogP contribution in [0.3, 0.4) is 0 Å². The molecule has 5 nitrogen and oxygen atoms in total. The van der Waals surface area contributed by atoms with Crippen LogP contribution in [0.5, 0.6) is 0 Å². The highest BCUT2D eigenvalue weighted by atomic mass is 19.4. The summed E-state index contributed by atoms with van der Waals surface area (Å²) in [5, 5.41) is 3.63. The number of hydrogen-bond donors (Lipinski definition) is 1. The molecule has 1 heterocycles. The molecule has 2 N–H and O–H groups in total. The number of hydrogen-bond acceptors (Lipinski definition) is 4. The Bertz CT molecular complexity index is 455. The second-order valence-electron chi connectivity index (χ2n) is 3.96. The number of ether oxygens (including phenoxy) is 1. The molecule has 0 amide bonds. The number of nitrogens with zero attached hydrogens (tertiary/aromatic N) is 2. The molecule has 1 aromatic rings. The summed E-state index contributed by atoms with van der Waals surface area (Å²) < 4.78 is 42.5. The van der Waals surface area contributed by atoms with Gasteiger partial charge in [-0.25, -0.2) is 9.48 Å². The van der Waals surface area contributed by atoms with Crippen molar-refractivity contribution < 1.29 is 22.7 Å². The fraction of sp³-hybridized carbons (Fsp3) is 0.636. The molecule has 0 aliphatic heterocycles. The van der Waals surface area contributed by atoms with Gasteiger partial charge in [0.1, 0.15) is 12.4 Å². The Morgan fingerprint density at radius 3 is 2.53 bits per heavy atom. The van der Waals surface area contributed by atoms with Crippen LogP contribution >= 0.6 is 0 Å². The third-order valence-electron chi connectivity index (χ3n) is 2.39. The Morgan fingerprint density at radius 1 is 1.42 bits per heavy atom. The molecule has 0 fully saturated rings. The molecule has 0 atom stereocenters. The Morgan fingerprint density at radius 2 is 2.05 bits per heavy atom. The number of halogens is 3. The van der Waals surface area contributed by atoms with E-state index in [1.165, 1.54) is 0 Å². The highest BCUT2D eigenvalue weighted by molar-refractivity contribution is 5.90. The lowest BCUT2D eigenvalue weighted by Gasteiger charge is -2.07. The number of nitrogen functional groups attached to an aromatic ring is 1. The van der Waals surface area contributed by atoms with Crippen LogP contribution in [-0.4, -0.2) is 28.5 Å². The molecule has 8 heteroatoms. The van der Waals surface area contributed by atoms with E-state index in [1.54, 1.807) is 6.92 Å². The lowest BCUT2D eigenvalue weighted by Crippen LogP contribution is -2.20. The van der Waals surface area contributed by atoms with Gasteiger partial charge in [0.2, 0.25) is 0 Å². The summed E-state index contributed by atoms with van der Waals surface area (Å²) in [6.45, 7) is 2.23. The second-order valence-corrected chi connectivity index (χ2v) is 3.96. The van der Waals surface area contributed by atoms with Crippen molar-refractivity contribution in [3.8, 4) is 0 Å². The summed E-state index contributed by atoms with van der Waals surface area (Å²) >= 11 is 0. The third-order valence-corrected chi connectivity index (χ3v) is 2.39. The van der Waals surface area contributed by atoms with E-state index in [2.05, 4.69) is 5.10 Å². The van der Waals surface area contributed by atoms with Gasteiger partial charge >= 0.3 is 12.1 Å². The van der Waals surface area contributed by atoms with Gasteiger partial charge < -0.3 is 10.5 Å². The van der Waals surface area contributed by atoms with Crippen molar-refractivity contribution in [2.75, 3.05) is 12.3 Å². The quantitative estimate of drug-likeness (QED) is 0.838. The summed E-state index contributed by atoms with van der Waals surface area (Å²) in [7, 11) is 0. The van der Waals surface area contributed by atoms with Crippen LogP contribution in [0, 0.1) is 0 Å². The number of nitrogens with two attached hydrogens (primary N) is 1. The summed E-state index contributed by atoms with van der Waals surface area (Å²) in [6.07, 6.45) is -3.44. The van der Waals surface area contributed by atoms with Crippen LogP contribution < -0.4 is 5.73 Å². The van der Waals surface area contributed by atoms with E-state index < -0.39 is 18.7 Å². The molecule has 0 spiro atoms. The number of alkyl halides is 3. The van der Waals surface area contributed by atoms with Gasteiger partial charge in [-0.3, -0.25) is 0 Å². The summed E-state index contributed by atoms with van der Waals surface area (Å²) in [5.74, 6) is -0.888. The smallest absolute Gasteiger partial charge is 0.408 e. The monoisotopic (exact) mass is 279 g/mol. The lowest BCUT2D eigenvalue weighted by molar-refractivity contribution is -0.142. The van der Waals surface area contributed by atoms with E-state index in [-0.39, 0.29) is 18.1 Å². The normalized spacial score (nSPS) is 11.6. The first-order chi connectivity index (χ1) is 8.80. The van der Waals surface area contributed by atoms with Crippen LogP contribution in [0.2, 0.25) is 0 Å². The van der Waals surface area contributed by atoms with Crippen LogP contribution in [0.15, 0.2) is 0 Å². The number of carbonyl (C=O) groups excluding carboxylic acids is 1. The standard InChI is InChI=1S/C11H16F3N3O2/c1-3-5-7-8(10(18)19-4-2)16-17(9(7)15)6-11(12,13)14/h3-6,15H2,1-2H3. The molecule has 108 valence electrons. The Balaban J connectivity index is 3.15. The zero-order chi connectivity index (χ0) is 14.6. The molecule has 0 radical (unpaired) electrons. The van der Waals surface area contributed by atoms with E-state index in [9.17, 15) is 18.0 Å². The predicted octanol–water partition coefficient (Wildman–Crippen LogP) is 2.16. The van der Waals surface area contributed by atoms with Crippen molar-refractivity contribution in [2.24, 2.45) is 0 Å². The number of esters is 1. The minimum Gasteiger partial charge on any atom is -0.461 e. The van der Waals surface area contributed by atoms with E-state index in [1.807, 2.05) is 6.92 Å². The molecule has 19 heavy (non-hydrogen) atoms. The maximum absolute atomic E-state index is 12.4. The van der Waals surface area contributed by atoms with Crippen LogP contribution in [0.25, 0.3) is 0 Å². The van der Waals surface area contributed by atoms with Gasteiger partial charge in [0, 0.05) is 5.56 Å². The highest BCUT2D eigenvalue weighted by Crippen LogP contribution is 2.24. The first-order valence-corrected chi connectivity index (χ1v) is 5.89. The number of anilines is 1. The average Bonchev–Trinajstić information content (AvgIpc) is 2.57. The molecule has 0 aliphatic rings. The van der Waals surface area contributed by atoms with Gasteiger partial charge in [0.05, 0.1) is 6.61 Å². The molecular weight excluding hydrogens is 263 g/mol. The molecule has 0 saturated carbocycles. The van der Waals surface area contributed by atoms with Crippen molar-refractivity contribution >= 4 is 11.8 Å². The topological polar surface area (TPSA) is 70.1 Å². The van der Waals surface area contributed by atoms with Gasteiger partial charge in [0.25, 0.3) is 0 Å². The van der Waals surface area contributed by atoms with Crippen molar-refractivity contribution in [3.05, 3.63) is 11.3 Å². The fourth-order valence-electron chi connectivity index (χ4n) is 1.66. The molecule has 0 aromatic carbocycles. The minimum atomic E-state index is -4.45. The summed E-state index contributed by atoms with van der Waals surface area (Å²) in [4.78, 5) is 11.6. The molecule has 0 saturated heterocycles. The van der Waals surface area contributed by atoms with Gasteiger partial charge in [-0.05, 0) is 13.3 Å². The second kappa shape index (κ2) is 5.94. The Hall–Kier alpha value is -1.73. The molecule has 0 unspecified atom stereocenters. The Labute approximate surface area is 108 Å². The largest absolute Gasteiger partial charge is 0.461 e. The maximum Gasteiger partial charge on any atom is 0.408 e. The molecule has 1 aromatic heterocycles. The zero-order valence-electron chi connectivity index (χ0n) is 10.8. The molecule has 1 rings (SSSR count). The highest BCUT2D eigenvalue weighted by Gasteiger charge is 2.32. The minimum absolute atomic E-state index is 0.121. The van der Waals surface area contributed by atoms with Crippen LogP contribution in [0.1, 0.15) is 36.3 Å². The number of aromatic nitrogens is 2. The van der Waals surface area contributed by atoms with Crippen molar-refractivity contribution in [3.63, 3.8) is 0 Å². The van der Waals surface area contributed by atoms with Crippen molar-refractivity contribution in [1.29, 1.82) is 0 Å². The molecular formula is C11H16F3N3O2. The van der Waals surface area contributed by atoms with E-state index >= 15 is 0 Å². The maximum atomic E-state index is 12.4. The van der Waals surface area contributed by atoms with Crippen LogP contribution in [-0.2, 0) is 17.7 Å². The van der Waals surface area contributed by atoms with Gasteiger partial charge in [-0.1, -0.05) is 13.3 Å². The first kappa shape index (κ1) is 15.3. The predicted molar refractivity (Wildman–Crippen MR) is 62.6 cm³/mol. The average molecular weight is 279 g/mol. The zero-order valence-corrected chi connectivity index (χ0v) is 10.8. The molecule has 0 bridgehead atoms. The van der Waals surface area contributed by atoms with Gasteiger partial charge in [-0.2, -0.15) is 18.3 Å². The van der Waals surface area contributed by atoms with Crippen LogP contribution in [0.4, 0.5) is 19.0 Å². The fourth-order valence-corrected chi connectivity index (χ4v) is 1.66. The summed E-state index contributed by atoms with van der Waals surface area (Å²) in [6, 6.07) is 0. The number of rotatable bonds is 5. The van der Waals surface area contributed by atoms with E-state index in [0.29, 0.717) is 23.1 Å². The molecule has 0 aliphatic carbocycles. The van der Waals surface area contributed by atoms with E-state index in [4.69, 9.17) is 10.5 Å². The van der Waals surface area contributed by atoms with Crippen molar-refractivity contribution in [1.82, 2.24) is 9.78 Å². The summed E-state index contributed by atoms with van der Waals surface area (Å²) in [5.41, 5.74) is 5.80. The third kappa shape index (κ3) is 3.87. The lowest BCUT2D eigenvalue weighted by atomic mass is 10.1. The van der Waals surface area contributed by atoms with Gasteiger partial charge in [0.15, 0.2) is 5.69 Å². The Kier molecular flexibility index (Phi) is 4.79. The number of carbonyl (C=O) groups is 1. The van der Waals surface area contributed by atoms with E-state index in [0.717, 1.165) is 0 Å². The SMILES string of the molecule is CCCc1c(C(=O)OCC)nn(CC(F)(F)F)c1N.